The fourth-order valence-electron chi connectivity index (χ4n) is 2.80. The minimum Gasteiger partial charge on any atom is -0.449 e. The SMILES string of the molecule is Cc1ccc(C)c(S(=O)(=O)Nc2ccccc2C(=O)OC(C)C(=O)Nc2ncccn2)c1. The summed E-state index contributed by atoms with van der Waals surface area (Å²) in [5.74, 6) is -1.42. The highest BCUT2D eigenvalue weighted by Crippen LogP contribution is 2.24. The summed E-state index contributed by atoms with van der Waals surface area (Å²) in [5.41, 5.74) is 1.36. The average molecular weight is 455 g/mol. The molecule has 0 saturated heterocycles. The number of benzene rings is 2. The van der Waals surface area contributed by atoms with Crippen molar-refractivity contribution in [2.24, 2.45) is 0 Å². The van der Waals surface area contributed by atoms with Gasteiger partial charge in [0.25, 0.3) is 15.9 Å². The predicted molar refractivity (Wildman–Crippen MR) is 119 cm³/mol. The molecule has 2 N–H and O–H groups in total. The predicted octanol–water partition coefficient (Wildman–Crippen LogP) is 3.08. The Kier molecular flexibility index (Phi) is 6.84. The van der Waals surface area contributed by atoms with Crippen LogP contribution in [0, 0.1) is 13.8 Å². The Morgan fingerprint density at radius 3 is 2.41 bits per heavy atom. The van der Waals surface area contributed by atoms with Gasteiger partial charge in [-0.25, -0.2) is 23.2 Å². The fraction of sp³-hybridized carbons (Fsp3) is 0.182. The number of para-hydroxylation sites is 1. The Balaban J connectivity index is 1.77. The van der Waals surface area contributed by atoms with Crippen molar-refractivity contribution in [2.75, 3.05) is 10.0 Å². The van der Waals surface area contributed by atoms with E-state index < -0.39 is 28.0 Å². The van der Waals surface area contributed by atoms with Crippen LogP contribution < -0.4 is 10.0 Å². The van der Waals surface area contributed by atoms with Gasteiger partial charge in [0, 0.05) is 12.4 Å². The maximum atomic E-state index is 12.9. The fourth-order valence-corrected chi connectivity index (χ4v) is 4.21. The standard InChI is InChI=1S/C22H22N4O5S/c1-14-9-10-15(2)19(13-14)32(29,30)26-18-8-5-4-7-17(18)21(28)31-16(3)20(27)25-22-23-11-6-12-24-22/h4-13,16,26H,1-3H3,(H,23,24,25,27). The van der Waals surface area contributed by atoms with E-state index >= 15 is 0 Å². The van der Waals surface area contributed by atoms with Crippen LogP contribution in [0.25, 0.3) is 0 Å². The highest BCUT2D eigenvalue weighted by atomic mass is 32.2. The first-order chi connectivity index (χ1) is 15.2. The quantitative estimate of drug-likeness (QED) is 0.525. The molecular weight excluding hydrogens is 432 g/mol. The van der Waals surface area contributed by atoms with Crippen molar-refractivity contribution in [1.82, 2.24) is 9.97 Å². The summed E-state index contributed by atoms with van der Waals surface area (Å²) in [6.07, 6.45) is 1.74. The summed E-state index contributed by atoms with van der Waals surface area (Å²) in [7, 11) is -3.96. The lowest BCUT2D eigenvalue weighted by molar-refractivity contribution is -0.123. The van der Waals surface area contributed by atoms with Crippen molar-refractivity contribution in [3.63, 3.8) is 0 Å². The summed E-state index contributed by atoms with van der Waals surface area (Å²) in [6, 6.07) is 12.7. The zero-order valence-corrected chi connectivity index (χ0v) is 18.5. The van der Waals surface area contributed by atoms with Crippen molar-refractivity contribution in [1.29, 1.82) is 0 Å². The van der Waals surface area contributed by atoms with Gasteiger partial charge in [0.2, 0.25) is 5.95 Å². The van der Waals surface area contributed by atoms with E-state index in [1.54, 1.807) is 44.2 Å². The molecule has 0 fully saturated rings. The van der Waals surface area contributed by atoms with Crippen LogP contribution in [0.4, 0.5) is 11.6 Å². The van der Waals surface area contributed by atoms with Crippen LogP contribution in [0.3, 0.4) is 0 Å². The number of hydrogen-bond donors (Lipinski definition) is 2. The van der Waals surface area contributed by atoms with Crippen LogP contribution >= 0.6 is 0 Å². The maximum Gasteiger partial charge on any atom is 0.341 e. The minimum absolute atomic E-state index is 0.0306. The molecule has 0 aliphatic heterocycles. The monoisotopic (exact) mass is 454 g/mol. The van der Waals surface area contributed by atoms with Crippen LogP contribution in [0.15, 0.2) is 65.8 Å². The van der Waals surface area contributed by atoms with E-state index in [2.05, 4.69) is 20.0 Å². The number of carbonyl (C=O) groups excluding carboxylic acids is 2. The van der Waals surface area contributed by atoms with E-state index in [1.807, 2.05) is 6.07 Å². The average Bonchev–Trinajstić information content (AvgIpc) is 2.76. The number of aromatic nitrogens is 2. The second-order valence-electron chi connectivity index (χ2n) is 7.03. The second-order valence-corrected chi connectivity index (χ2v) is 8.68. The van der Waals surface area contributed by atoms with Crippen LogP contribution in [-0.4, -0.2) is 36.4 Å². The molecule has 1 heterocycles. The van der Waals surface area contributed by atoms with Gasteiger partial charge in [0.05, 0.1) is 16.1 Å². The minimum atomic E-state index is -3.96. The van der Waals surface area contributed by atoms with Crippen LogP contribution in [0.1, 0.15) is 28.4 Å². The van der Waals surface area contributed by atoms with Crippen LogP contribution in [0.5, 0.6) is 0 Å². The molecule has 0 radical (unpaired) electrons. The first-order valence-corrected chi connectivity index (χ1v) is 11.1. The number of anilines is 2. The van der Waals surface area contributed by atoms with Crippen LogP contribution in [-0.2, 0) is 19.6 Å². The van der Waals surface area contributed by atoms with E-state index in [4.69, 9.17) is 4.74 Å². The summed E-state index contributed by atoms with van der Waals surface area (Å²) >= 11 is 0. The molecule has 1 atom stereocenters. The third-order valence-corrected chi connectivity index (χ3v) is 5.99. The lowest BCUT2D eigenvalue weighted by atomic mass is 10.2. The number of sulfonamides is 1. The van der Waals surface area contributed by atoms with Crippen molar-refractivity contribution < 1.29 is 22.7 Å². The molecule has 10 heteroatoms. The molecule has 3 rings (SSSR count). The number of hydrogen-bond acceptors (Lipinski definition) is 7. The van der Waals surface area contributed by atoms with Crippen molar-refractivity contribution in [3.05, 3.63) is 77.6 Å². The van der Waals surface area contributed by atoms with E-state index in [0.29, 0.717) is 5.56 Å². The van der Waals surface area contributed by atoms with Gasteiger partial charge in [-0.05, 0) is 56.2 Å². The van der Waals surface area contributed by atoms with Crippen molar-refractivity contribution >= 4 is 33.5 Å². The lowest BCUT2D eigenvalue weighted by Crippen LogP contribution is -2.31. The summed E-state index contributed by atoms with van der Waals surface area (Å²) < 4.78 is 33.6. The molecule has 0 aliphatic rings. The van der Waals surface area contributed by atoms with E-state index in [1.165, 1.54) is 31.5 Å². The Morgan fingerprint density at radius 1 is 1.00 bits per heavy atom. The summed E-state index contributed by atoms with van der Waals surface area (Å²) in [6.45, 7) is 4.86. The first-order valence-electron chi connectivity index (χ1n) is 9.65. The highest BCUT2D eigenvalue weighted by Gasteiger charge is 2.24. The Hall–Kier alpha value is -3.79. The van der Waals surface area contributed by atoms with Crippen LogP contribution in [0.2, 0.25) is 0 Å². The lowest BCUT2D eigenvalue weighted by Gasteiger charge is -2.16. The number of aryl methyl sites for hydroxylation is 2. The molecule has 166 valence electrons. The van der Waals surface area contributed by atoms with E-state index in [-0.39, 0.29) is 22.1 Å². The largest absolute Gasteiger partial charge is 0.449 e. The van der Waals surface area contributed by atoms with Gasteiger partial charge in [-0.2, -0.15) is 0 Å². The molecule has 1 amide bonds. The number of nitrogens with one attached hydrogen (secondary N) is 2. The van der Waals surface area contributed by atoms with Crippen molar-refractivity contribution in [2.45, 2.75) is 31.8 Å². The number of nitrogens with zero attached hydrogens (tertiary/aromatic N) is 2. The Labute approximate surface area is 185 Å². The number of esters is 1. The van der Waals surface area contributed by atoms with Gasteiger partial charge in [0.1, 0.15) is 0 Å². The van der Waals surface area contributed by atoms with Gasteiger partial charge in [-0.15, -0.1) is 0 Å². The molecule has 0 aliphatic carbocycles. The molecular formula is C22H22N4O5S. The maximum absolute atomic E-state index is 12.9. The van der Waals surface area contributed by atoms with Gasteiger partial charge in [-0.1, -0.05) is 24.3 Å². The second kappa shape index (κ2) is 9.56. The third kappa shape index (κ3) is 5.46. The number of carbonyl (C=O) groups is 2. The van der Waals surface area contributed by atoms with Gasteiger partial charge >= 0.3 is 5.97 Å². The molecule has 0 saturated carbocycles. The first kappa shape index (κ1) is 22.9. The molecule has 3 aromatic rings. The van der Waals surface area contributed by atoms with Gasteiger partial charge < -0.3 is 4.74 Å². The molecule has 9 nitrogen and oxygen atoms in total. The topological polar surface area (TPSA) is 127 Å². The molecule has 0 spiro atoms. The smallest absolute Gasteiger partial charge is 0.341 e. The van der Waals surface area contributed by atoms with Gasteiger partial charge in [0.15, 0.2) is 6.10 Å². The summed E-state index contributed by atoms with van der Waals surface area (Å²) in [4.78, 5) is 32.8. The van der Waals surface area contributed by atoms with Gasteiger partial charge in [-0.3, -0.25) is 14.8 Å². The third-order valence-electron chi connectivity index (χ3n) is 4.48. The molecule has 1 aromatic heterocycles. The zero-order chi connectivity index (χ0) is 23.3. The number of amides is 1. The zero-order valence-electron chi connectivity index (χ0n) is 17.7. The Bertz CT molecular complexity index is 1250. The van der Waals surface area contributed by atoms with E-state index in [9.17, 15) is 18.0 Å². The molecule has 32 heavy (non-hydrogen) atoms. The van der Waals surface area contributed by atoms with Crippen molar-refractivity contribution in [3.8, 4) is 0 Å². The molecule has 2 aromatic carbocycles. The molecule has 1 unspecified atom stereocenters. The normalized spacial score (nSPS) is 12.0. The number of ether oxygens (including phenoxy) is 1. The summed E-state index contributed by atoms with van der Waals surface area (Å²) in [5, 5.41) is 2.43. The van der Waals surface area contributed by atoms with E-state index in [0.717, 1.165) is 5.56 Å². The highest BCUT2D eigenvalue weighted by molar-refractivity contribution is 7.92. The number of rotatable bonds is 7. The Morgan fingerprint density at radius 2 is 1.69 bits per heavy atom. The molecule has 0 bridgehead atoms.